The van der Waals surface area contributed by atoms with Crippen LogP contribution >= 0.6 is 11.8 Å². The number of non-ortho nitro benzene ring substituents is 1. The average Bonchev–Trinajstić information content (AvgIpc) is 2.93. The van der Waals surface area contributed by atoms with Gasteiger partial charge < -0.3 is 4.90 Å². The molecule has 4 rings (SSSR count). The molecule has 0 N–H and O–H groups in total. The lowest BCUT2D eigenvalue weighted by molar-refractivity contribution is -0.644. The summed E-state index contributed by atoms with van der Waals surface area (Å²) >= 11 is 1.56. The minimum absolute atomic E-state index is 0.123. The third kappa shape index (κ3) is 2.64. The Hall–Kier alpha value is -2.86. The maximum absolute atomic E-state index is 11.0. The first-order valence-corrected chi connectivity index (χ1v) is 8.65. The fourth-order valence-electron chi connectivity index (χ4n) is 3.05. The van der Waals surface area contributed by atoms with Crippen molar-refractivity contribution >= 4 is 40.1 Å². The maximum Gasteiger partial charge on any atom is 0.270 e. The lowest BCUT2D eigenvalue weighted by Gasteiger charge is -2.13. The number of aromatic nitrogens is 1. The van der Waals surface area contributed by atoms with Gasteiger partial charge in [-0.25, -0.2) is 4.57 Å². The number of hydrogen-bond donors (Lipinski definition) is 0. The Bertz CT molecular complexity index is 1050. The third-order valence-corrected chi connectivity index (χ3v) is 5.56. The van der Waals surface area contributed by atoms with Crippen LogP contribution in [0.25, 0.3) is 17.0 Å². The van der Waals surface area contributed by atoms with E-state index in [4.69, 9.17) is 0 Å². The largest absolute Gasteiger partial charge is 0.338 e. The number of fused-ring (bicyclic) bond motifs is 2. The van der Waals surface area contributed by atoms with Gasteiger partial charge in [0.15, 0.2) is 6.20 Å². The average molecular weight is 350 g/mol. The molecule has 0 unspecified atom stereocenters. The molecule has 1 aliphatic heterocycles. The molecule has 0 fully saturated rings. The first-order chi connectivity index (χ1) is 12.0. The highest BCUT2D eigenvalue weighted by molar-refractivity contribution is 8.03. The van der Waals surface area contributed by atoms with E-state index < -0.39 is 0 Å². The van der Waals surface area contributed by atoms with Crippen molar-refractivity contribution in [1.82, 2.24) is 0 Å². The molecular formula is C19H16N3O2S+. The summed E-state index contributed by atoms with van der Waals surface area (Å²) < 4.78 is 2.10. The van der Waals surface area contributed by atoms with Crippen molar-refractivity contribution in [2.24, 2.45) is 7.05 Å². The summed E-state index contributed by atoms with van der Waals surface area (Å²) in [7, 11) is 4.02. The highest BCUT2D eigenvalue weighted by Crippen LogP contribution is 2.47. The van der Waals surface area contributed by atoms with Crippen LogP contribution in [0.4, 0.5) is 11.4 Å². The van der Waals surface area contributed by atoms with Crippen LogP contribution in [0.1, 0.15) is 5.56 Å². The van der Waals surface area contributed by atoms with Gasteiger partial charge in [0, 0.05) is 36.2 Å². The van der Waals surface area contributed by atoms with Gasteiger partial charge in [0.2, 0.25) is 5.52 Å². The van der Waals surface area contributed by atoms with Gasteiger partial charge in [-0.3, -0.25) is 10.1 Å². The third-order valence-electron chi connectivity index (χ3n) is 4.41. The second kappa shape index (κ2) is 5.89. The molecule has 0 spiro atoms. The fourth-order valence-corrected chi connectivity index (χ4v) is 4.18. The number of nitrogens with zero attached hydrogens (tertiary/aromatic N) is 3. The number of para-hydroxylation sites is 1. The molecule has 0 bridgehead atoms. The summed E-state index contributed by atoms with van der Waals surface area (Å²) in [5, 5.41) is 13.2. The SMILES string of the molecule is CN1/C(=C/c2cc[n+](C)c3ccccc23)Sc2cc([N+](=O)[O-])ccc21. The van der Waals surface area contributed by atoms with Crippen molar-refractivity contribution < 1.29 is 9.49 Å². The normalized spacial score (nSPS) is 15.0. The van der Waals surface area contributed by atoms with Gasteiger partial charge in [0.05, 0.1) is 21.0 Å². The first-order valence-electron chi connectivity index (χ1n) is 7.84. The molecule has 1 aliphatic rings. The van der Waals surface area contributed by atoms with Gasteiger partial charge >= 0.3 is 0 Å². The van der Waals surface area contributed by atoms with Crippen molar-refractivity contribution in [3.8, 4) is 0 Å². The molecule has 0 atom stereocenters. The summed E-state index contributed by atoms with van der Waals surface area (Å²) in [6, 6.07) is 15.4. The molecule has 2 aromatic carbocycles. The van der Waals surface area contributed by atoms with Gasteiger partial charge in [0.1, 0.15) is 7.05 Å². The lowest BCUT2D eigenvalue weighted by Crippen LogP contribution is -2.28. The molecule has 5 nitrogen and oxygen atoms in total. The van der Waals surface area contributed by atoms with Crippen LogP contribution in [0.15, 0.2) is 64.7 Å². The van der Waals surface area contributed by atoms with Gasteiger partial charge in [-0.05, 0) is 23.8 Å². The van der Waals surface area contributed by atoms with Gasteiger partial charge in [-0.1, -0.05) is 23.9 Å². The minimum atomic E-state index is -0.354. The summed E-state index contributed by atoms with van der Waals surface area (Å²) in [6.45, 7) is 0. The van der Waals surface area contributed by atoms with Crippen molar-refractivity contribution in [2.75, 3.05) is 11.9 Å². The second-order valence-corrected chi connectivity index (χ2v) is 7.01. The van der Waals surface area contributed by atoms with Gasteiger partial charge in [-0.15, -0.1) is 0 Å². The number of hydrogen-bond acceptors (Lipinski definition) is 4. The van der Waals surface area contributed by atoms with Crippen molar-refractivity contribution in [3.05, 3.63) is 75.4 Å². The molecule has 124 valence electrons. The van der Waals surface area contributed by atoms with Crippen LogP contribution in [0.2, 0.25) is 0 Å². The lowest BCUT2D eigenvalue weighted by atomic mass is 10.1. The predicted octanol–water partition coefficient (Wildman–Crippen LogP) is 4.11. The summed E-state index contributed by atoms with van der Waals surface area (Å²) in [6.07, 6.45) is 4.19. The zero-order chi connectivity index (χ0) is 17.6. The van der Waals surface area contributed by atoms with Crippen LogP contribution in [0.5, 0.6) is 0 Å². The van der Waals surface area contributed by atoms with E-state index >= 15 is 0 Å². The zero-order valence-electron chi connectivity index (χ0n) is 13.8. The van der Waals surface area contributed by atoms with E-state index in [0.29, 0.717) is 0 Å². The van der Waals surface area contributed by atoms with Crippen LogP contribution in [-0.4, -0.2) is 12.0 Å². The number of pyridine rings is 1. The highest BCUT2D eigenvalue weighted by atomic mass is 32.2. The van der Waals surface area contributed by atoms with Crippen LogP contribution in [0.3, 0.4) is 0 Å². The Kier molecular flexibility index (Phi) is 3.69. The molecule has 0 amide bonds. The van der Waals surface area contributed by atoms with Crippen molar-refractivity contribution in [2.45, 2.75) is 4.90 Å². The van der Waals surface area contributed by atoms with Gasteiger partial charge in [0.25, 0.3) is 5.69 Å². The molecule has 25 heavy (non-hydrogen) atoms. The predicted molar refractivity (Wildman–Crippen MR) is 100 cm³/mol. The Labute approximate surface area is 149 Å². The van der Waals surface area contributed by atoms with E-state index in [1.807, 2.05) is 38.5 Å². The smallest absolute Gasteiger partial charge is 0.270 e. The highest BCUT2D eigenvalue weighted by Gasteiger charge is 2.24. The molecule has 2 heterocycles. The first kappa shape index (κ1) is 15.7. The van der Waals surface area contributed by atoms with E-state index in [9.17, 15) is 10.1 Å². The minimum Gasteiger partial charge on any atom is -0.338 e. The molecule has 3 aromatic rings. The van der Waals surface area contributed by atoms with Crippen LogP contribution in [0, 0.1) is 10.1 Å². The molecule has 0 saturated carbocycles. The Balaban J connectivity index is 1.79. The number of aryl methyl sites for hydroxylation is 1. The Morgan fingerprint density at radius 2 is 2.00 bits per heavy atom. The number of nitro benzene ring substituents is 1. The molecular weight excluding hydrogens is 334 g/mol. The number of thioether (sulfide) groups is 1. The topological polar surface area (TPSA) is 50.3 Å². The maximum atomic E-state index is 11.0. The molecule has 1 aromatic heterocycles. The Morgan fingerprint density at radius 3 is 2.80 bits per heavy atom. The van der Waals surface area contributed by atoms with E-state index in [0.717, 1.165) is 26.7 Å². The number of nitro groups is 1. The van der Waals surface area contributed by atoms with E-state index in [-0.39, 0.29) is 10.6 Å². The second-order valence-electron chi connectivity index (χ2n) is 5.95. The number of benzene rings is 2. The quantitative estimate of drug-likeness (QED) is 0.396. The Morgan fingerprint density at radius 1 is 1.20 bits per heavy atom. The van der Waals surface area contributed by atoms with Crippen LogP contribution < -0.4 is 9.47 Å². The van der Waals surface area contributed by atoms with E-state index in [1.54, 1.807) is 23.9 Å². The van der Waals surface area contributed by atoms with E-state index in [1.165, 1.54) is 5.39 Å². The standard InChI is InChI=1S/C19H16N3O2S/c1-20-10-9-13(15-5-3-4-6-16(15)20)11-19-21(2)17-8-7-14(22(23)24)12-18(17)25-19/h3-12H,1-2H3/q+1. The summed E-state index contributed by atoms with van der Waals surface area (Å²) in [5.74, 6) is 0. The van der Waals surface area contributed by atoms with Crippen molar-refractivity contribution in [1.29, 1.82) is 0 Å². The molecule has 6 heteroatoms. The summed E-state index contributed by atoms with van der Waals surface area (Å²) in [4.78, 5) is 13.6. The molecule has 0 saturated heterocycles. The van der Waals surface area contributed by atoms with Crippen LogP contribution in [-0.2, 0) is 7.05 Å². The monoisotopic (exact) mass is 350 g/mol. The summed E-state index contributed by atoms with van der Waals surface area (Å²) in [5.41, 5.74) is 3.41. The number of rotatable bonds is 2. The fraction of sp³-hybridized carbons (Fsp3) is 0.105. The number of anilines is 1. The van der Waals surface area contributed by atoms with Gasteiger partial charge in [-0.2, -0.15) is 0 Å². The molecule has 0 aliphatic carbocycles. The van der Waals surface area contributed by atoms with E-state index in [2.05, 4.69) is 33.7 Å². The van der Waals surface area contributed by atoms with Crippen molar-refractivity contribution in [3.63, 3.8) is 0 Å². The molecule has 0 radical (unpaired) electrons. The zero-order valence-corrected chi connectivity index (χ0v) is 14.7.